The normalized spacial score (nSPS) is 11.9. The van der Waals surface area contributed by atoms with Crippen molar-refractivity contribution in [2.45, 2.75) is 19.4 Å². The summed E-state index contributed by atoms with van der Waals surface area (Å²) in [6, 6.07) is 8.95. The molecule has 0 bridgehead atoms. The quantitative estimate of drug-likeness (QED) is 0.584. The van der Waals surface area contributed by atoms with Crippen LogP contribution < -0.4 is 16.6 Å². The maximum absolute atomic E-state index is 12.4. The number of rotatable bonds is 5. The first-order valence-corrected chi connectivity index (χ1v) is 7.52. The Morgan fingerprint density at radius 2 is 2.25 bits per heavy atom. The fourth-order valence-corrected chi connectivity index (χ4v) is 2.96. The Bertz CT molecular complexity index is 586. The van der Waals surface area contributed by atoms with Crippen molar-refractivity contribution in [2.75, 3.05) is 5.43 Å². The second kappa shape index (κ2) is 6.74. The van der Waals surface area contributed by atoms with Crippen LogP contribution >= 0.6 is 22.9 Å². The van der Waals surface area contributed by atoms with E-state index in [-0.39, 0.29) is 11.9 Å². The minimum absolute atomic E-state index is 0.00731. The van der Waals surface area contributed by atoms with E-state index < -0.39 is 0 Å². The number of carbonyl (C=O) groups excluding carboxylic acids is 1. The van der Waals surface area contributed by atoms with Crippen molar-refractivity contribution >= 4 is 34.5 Å². The third-order valence-electron chi connectivity index (χ3n) is 2.98. The van der Waals surface area contributed by atoms with Crippen molar-refractivity contribution in [2.24, 2.45) is 5.84 Å². The molecule has 1 heterocycles. The van der Waals surface area contributed by atoms with Gasteiger partial charge in [-0.05, 0) is 36.1 Å². The molecule has 0 saturated heterocycles. The Labute approximate surface area is 126 Å². The lowest BCUT2D eigenvalue weighted by Crippen LogP contribution is -2.28. The molecule has 0 aliphatic rings. The van der Waals surface area contributed by atoms with Gasteiger partial charge in [0.05, 0.1) is 17.3 Å². The number of carbonyl (C=O) groups is 1. The lowest BCUT2D eigenvalue weighted by atomic mass is 10.1. The molecule has 1 unspecified atom stereocenters. The fraction of sp³-hybridized carbons (Fsp3) is 0.214. The Balaban J connectivity index is 2.21. The van der Waals surface area contributed by atoms with Gasteiger partial charge in [0.2, 0.25) is 0 Å². The summed E-state index contributed by atoms with van der Waals surface area (Å²) in [5.74, 6) is 5.23. The number of thiophene rings is 1. The van der Waals surface area contributed by atoms with Gasteiger partial charge in [0.1, 0.15) is 0 Å². The van der Waals surface area contributed by atoms with E-state index in [2.05, 4.69) is 10.7 Å². The van der Waals surface area contributed by atoms with Crippen molar-refractivity contribution in [1.82, 2.24) is 5.32 Å². The smallest absolute Gasteiger partial charge is 0.253 e. The molecule has 1 aromatic heterocycles. The molecule has 0 radical (unpaired) electrons. The SMILES string of the molecule is CCC(NC(=O)c1cc(Cl)ccc1NN)c1cccs1. The van der Waals surface area contributed by atoms with Gasteiger partial charge >= 0.3 is 0 Å². The van der Waals surface area contributed by atoms with E-state index >= 15 is 0 Å². The monoisotopic (exact) mass is 309 g/mol. The van der Waals surface area contributed by atoms with Crippen LogP contribution in [0.1, 0.15) is 34.6 Å². The number of hydrazine groups is 1. The molecule has 0 aliphatic heterocycles. The van der Waals surface area contributed by atoms with Gasteiger partial charge in [-0.1, -0.05) is 24.6 Å². The van der Waals surface area contributed by atoms with Crippen LogP contribution in [0.25, 0.3) is 0 Å². The second-order valence-corrected chi connectivity index (χ2v) is 5.70. The van der Waals surface area contributed by atoms with Crippen molar-refractivity contribution < 1.29 is 4.79 Å². The summed E-state index contributed by atoms with van der Waals surface area (Å²) in [6.07, 6.45) is 0.818. The molecule has 1 atom stereocenters. The Hall–Kier alpha value is -1.56. The first-order valence-electron chi connectivity index (χ1n) is 6.26. The van der Waals surface area contributed by atoms with Crippen LogP contribution in [0.3, 0.4) is 0 Å². The van der Waals surface area contributed by atoms with E-state index in [1.807, 2.05) is 24.4 Å². The van der Waals surface area contributed by atoms with Crippen molar-refractivity contribution in [3.8, 4) is 0 Å². The largest absolute Gasteiger partial charge is 0.344 e. The van der Waals surface area contributed by atoms with Crippen molar-refractivity contribution in [1.29, 1.82) is 0 Å². The van der Waals surface area contributed by atoms with Gasteiger partial charge in [0.15, 0.2) is 0 Å². The minimum atomic E-state index is -0.194. The van der Waals surface area contributed by atoms with Crippen LogP contribution in [0.15, 0.2) is 35.7 Å². The first kappa shape index (κ1) is 14.8. The summed E-state index contributed by atoms with van der Waals surface area (Å²) < 4.78 is 0. The van der Waals surface area contributed by atoms with Gasteiger partial charge in [-0.3, -0.25) is 10.6 Å². The minimum Gasteiger partial charge on any atom is -0.344 e. The highest BCUT2D eigenvalue weighted by atomic mass is 35.5. The van der Waals surface area contributed by atoms with Gasteiger partial charge in [-0.25, -0.2) is 0 Å². The number of nitrogen functional groups attached to an aromatic ring is 1. The van der Waals surface area contributed by atoms with Crippen molar-refractivity contribution in [3.63, 3.8) is 0 Å². The molecule has 0 fully saturated rings. The molecular weight excluding hydrogens is 294 g/mol. The molecule has 1 amide bonds. The molecule has 106 valence electrons. The van der Waals surface area contributed by atoms with Crippen LogP contribution in [-0.4, -0.2) is 5.91 Å². The summed E-state index contributed by atoms with van der Waals surface area (Å²) in [5, 5.41) is 5.50. The Morgan fingerprint density at radius 1 is 1.45 bits per heavy atom. The maximum Gasteiger partial charge on any atom is 0.253 e. The third-order valence-corrected chi connectivity index (χ3v) is 4.20. The molecule has 2 aromatic rings. The zero-order valence-electron chi connectivity index (χ0n) is 11.0. The zero-order chi connectivity index (χ0) is 14.5. The van der Waals surface area contributed by atoms with Gasteiger partial charge in [0, 0.05) is 9.90 Å². The van der Waals surface area contributed by atoms with Gasteiger partial charge in [-0.15, -0.1) is 11.3 Å². The summed E-state index contributed by atoms with van der Waals surface area (Å²) >= 11 is 7.57. The first-order chi connectivity index (χ1) is 9.65. The molecule has 1 aromatic carbocycles. The summed E-state index contributed by atoms with van der Waals surface area (Å²) in [5.41, 5.74) is 3.50. The van der Waals surface area contributed by atoms with Crippen LogP contribution in [0, 0.1) is 0 Å². The highest BCUT2D eigenvalue weighted by molar-refractivity contribution is 7.10. The maximum atomic E-state index is 12.4. The topological polar surface area (TPSA) is 67.2 Å². The summed E-state index contributed by atoms with van der Waals surface area (Å²) in [4.78, 5) is 13.5. The number of anilines is 1. The molecule has 4 nitrogen and oxygen atoms in total. The molecule has 20 heavy (non-hydrogen) atoms. The lowest BCUT2D eigenvalue weighted by Gasteiger charge is -2.17. The average molecular weight is 310 g/mol. The van der Waals surface area contributed by atoms with Crippen LogP contribution in [-0.2, 0) is 0 Å². The van der Waals surface area contributed by atoms with E-state index in [0.717, 1.165) is 11.3 Å². The van der Waals surface area contributed by atoms with Crippen LogP contribution in [0.5, 0.6) is 0 Å². The number of hydrogen-bond donors (Lipinski definition) is 3. The number of nitrogens with one attached hydrogen (secondary N) is 2. The van der Waals surface area contributed by atoms with Crippen LogP contribution in [0.4, 0.5) is 5.69 Å². The van der Waals surface area contributed by atoms with E-state index in [4.69, 9.17) is 17.4 Å². The van der Waals surface area contributed by atoms with Crippen LogP contribution in [0.2, 0.25) is 5.02 Å². The number of hydrogen-bond acceptors (Lipinski definition) is 4. The Kier molecular flexibility index (Phi) is 5.00. The molecule has 2 rings (SSSR count). The molecule has 6 heteroatoms. The second-order valence-electron chi connectivity index (χ2n) is 4.28. The zero-order valence-corrected chi connectivity index (χ0v) is 12.6. The molecule has 0 aliphatic carbocycles. The predicted octanol–water partition coefficient (Wildman–Crippen LogP) is 3.57. The summed E-state index contributed by atoms with van der Waals surface area (Å²) in [7, 11) is 0. The molecule has 4 N–H and O–H groups in total. The van der Waals surface area contributed by atoms with Gasteiger partial charge in [0.25, 0.3) is 5.91 Å². The number of amides is 1. The average Bonchev–Trinajstić information content (AvgIpc) is 2.98. The van der Waals surface area contributed by atoms with E-state index in [9.17, 15) is 4.79 Å². The van der Waals surface area contributed by atoms with E-state index in [0.29, 0.717) is 16.3 Å². The van der Waals surface area contributed by atoms with E-state index in [1.165, 1.54) is 0 Å². The van der Waals surface area contributed by atoms with Crippen molar-refractivity contribution in [3.05, 3.63) is 51.2 Å². The highest BCUT2D eigenvalue weighted by Crippen LogP contribution is 2.24. The predicted molar refractivity (Wildman–Crippen MR) is 84.1 cm³/mol. The number of benzene rings is 1. The Morgan fingerprint density at radius 3 is 2.85 bits per heavy atom. The van der Waals surface area contributed by atoms with Gasteiger partial charge in [-0.2, -0.15) is 0 Å². The highest BCUT2D eigenvalue weighted by Gasteiger charge is 2.17. The molecule has 0 saturated carbocycles. The van der Waals surface area contributed by atoms with E-state index in [1.54, 1.807) is 29.5 Å². The number of halogens is 1. The summed E-state index contributed by atoms with van der Waals surface area (Å²) in [6.45, 7) is 2.03. The van der Waals surface area contributed by atoms with Gasteiger partial charge < -0.3 is 10.7 Å². The number of nitrogens with two attached hydrogens (primary N) is 1. The lowest BCUT2D eigenvalue weighted by molar-refractivity contribution is 0.0937. The fourth-order valence-electron chi connectivity index (χ4n) is 1.93. The molecular formula is C14H16ClN3OS. The third kappa shape index (κ3) is 3.30. The standard InChI is InChI=1S/C14H16ClN3OS/c1-2-11(13-4-3-7-20-13)17-14(19)10-8-9(15)5-6-12(10)18-16/h3-8,11,18H,2,16H2,1H3,(H,17,19). The molecule has 0 spiro atoms.